The number of pyridine rings is 2. The van der Waals surface area contributed by atoms with Gasteiger partial charge in [-0.1, -0.05) is 30.3 Å². The summed E-state index contributed by atoms with van der Waals surface area (Å²) in [6.45, 7) is 0. The first-order chi connectivity index (χ1) is 12.2. The minimum Gasteiger partial charge on any atom is -0.324 e. The van der Waals surface area contributed by atoms with E-state index < -0.39 is 17.7 Å². The van der Waals surface area contributed by atoms with E-state index in [4.69, 9.17) is 0 Å². The van der Waals surface area contributed by atoms with Crippen LogP contribution < -0.4 is 10.6 Å². The van der Waals surface area contributed by atoms with Crippen molar-refractivity contribution in [1.82, 2.24) is 9.97 Å². The van der Waals surface area contributed by atoms with E-state index in [9.17, 15) is 9.59 Å². The highest BCUT2D eigenvalue weighted by Gasteiger charge is 2.28. The largest absolute Gasteiger partial charge is 0.324 e. The Bertz CT molecular complexity index is 786. The van der Waals surface area contributed by atoms with Gasteiger partial charge in [0.25, 0.3) is 0 Å². The van der Waals surface area contributed by atoms with Crippen LogP contribution in [-0.4, -0.2) is 21.8 Å². The number of nitrogens with zero attached hydrogens (tertiary/aromatic N) is 2. The van der Waals surface area contributed by atoms with Gasteiger partial charge in [-0.05, 0) is 29.8 Å². The van der Waals surface area contributed by atoms with Crippen LogP contribution in [0.25, 0.3) is 0 Å². The monoisotopic (exact) mass is 332 g/mol. The van der Waals surface area contributed by atoms with Gasteiger partial charge in [0.1, 0.15) is 5.92 Å². The summed E-state index contributed by atoms with van der Waals surface area (Å²) >= 11 is 0. The molecule has 0 unspecified atom stereocenters. The molecule has 2 N–H and O–H groups in total. The summed E-state index contributed by atoms with van der Waals surface area (Å²) in [4.78, 5) is 33.4. The second-order valence-electron chi connectivity index (χ2n) is 5.31. The van der Waals surface area contributed by atoms with Gasteiger partial charge in [0, 0.05) is 12.4 Å². The lowest BCUT2D eigenvalue weighted by atomic mass is 9.97. The molecule has 25 heavy (non-hydrogen) atoms. The molecule has 0 fully saturated rings. The molecule has 124 valence electrons. The number of benzene rings is 1. The Morgan fingerprint density at radius 1 is 0.720 bits per heavy atom. The van der Waals surface area contributed by atoms with Crippen LogP contribution in [0, 0.1) is 0 Å². The number of anilines is 2. The molecule has 6 nitrogen and oxygen atoms in total. The van der Waals surface area contributed by atoms with Gasteiger partial charge in [0.05, 0.1) is 23.8 Å². The number of nitrogens with one attached hydrogen (secondary N) is 2. The van der Waals surface area contributed by atoms with Crippen molar-refractivity contribution < 1.29 is 9.59 Å². The number of hydrogen-bond acceptors (Lipinski definition) is 4. The first-order valence-electron chi connectivity index (χ1n) is 7.71. The smallest absolute Gasteiger partial charge is 0.241 e. The molecule has 0 aliphatic carbocycles. The Morgan fingerprint density at radius 3 is 1.68 bits per heavy atom. The summed E-state index contributed by atoms with van der Waals surface area (Å²) in [5.41, 5.74) is 1.66. The maximum absolute atomic E-state index is 12.7. The van der Waals surface area contributed by atoms with Crippen molar-refractivity contribution in [2.45, 2.75) is 5.92 Å². The standard InChI is InChI=1S/C19H16N4O2/c24-18(22-15-8-4-10-20-12-15)17(14-6-2-1-3-7-14)19(25)23-16-9-5-11-21-13-16/h1-13,17H,(H,22,24)(H,23,25). The topological polar surface area (TPSA) is 84.0 Å². The molecular formula is C19H16N4O2. The number of hydrogen-bond donors (Lipinski definition) is 2. The fraction of sp³-hybridized carbons (Fsp3) is 0.0526. The normalized spacial score (nSPS) is 10.3. The van der Waals surface area contributed by atoms with Crippen molar-refractivity contribution >= 4 is 23.2 Å². The second-order valence-corrected chi connectivity index (χ2v) is 5.31. The number of amides is 2. The first kappa shape index (κ1) is 16.3. The summed E-state index contributed by atoms with van der Waals surface area (Å²) in [7, 11) is 0. The summed E-state index contributed by atoms with van der Waals surface area (Å²) in [6, 6.07) is 15.8. The molecule has 0 saturated carbocycles. The molecule has 0 aliphatic heterocycles. The number of carbonyl (C=O) groups is 2. The SMILES string of the molecule is O=C(Nc1cccnc1)C(C(=O)Nc1cccnc1)c1ccccc1. The fourth-order valence-corrected chi connectivity index (χ4v) is 2.37. The molecular weight excluding hydrogens is 316 g/mol. The zero-order valence-corrected chi connectivity index (χ0v) is 13.3. The van der Waals surface area contributed by atoms with Crippen LogP contribution in [0.15, 0.2) is 79.4 Å². The van der Waals surface area contributed by atoms with E-state index in [-0.39, 0.29) is 0 Å². The van der Waals surface area contributed by atoms with E-state index in [2.05, 4.69) is 20.6 Å². The summed E-state index contributed by atoms with van der Waals surface area (Å²) in [5, 5.41) is 5.46. The average molecular weight is 332 g/mol. The van der Waals surface area contributed by atoms with Crippen molar-refractivity contribution in [1.29, 1.82) is 0 Å². The third-order valence-electron chi connectivity index (χ3n) is 3.52. The van der Waals surface area contributed by atoms with Gasteiger partial charge in [0.2, 0.25) is 11.8 Å². The second kappa shape index (κ2) is 7.83. The van der Waals surface area contributed by atoms with Crippen LogP contribution in [0.5, 0.6) is 0 Å². The van der Waals surface area contributed by atoms with Crippen LogP contribution in [0.4, 0.5) is 11.4 Å². The Labute approximate surface area is 145 Å². The first-order valence-corrected chi connectivity index (χ1v) is 7.71. The van der Waals surface area contributed by atoms with Crippen LogP contribution in [0.1, 0.15) is 11.5 Å². The highest BCUT2D eigenvalue weighted by molar-refractivity contribution is 6.15. The Balaban J connectivity index is 1.85. The Hall–Kier alpha value is -3.54. The molecule has 0 saturated heterocycles. The van der Waals surface area contributed by atoms with Gasteiger partial charge < -0.3 is 10.6 Å². The third-order valence-corrected chi connectivity index (χ3v) is 3.52. The van der Waals surface area contributed by atoms with E-state index in [1.54, 1.807) is 60.9 Å². The molecule has 6 heteroatoms. The molecule has 0 bridgehead atoms. The average Bonchev–Trinajstić information content (AvgIpc) is 2.64. The van der Waals surface area contributed by atoms with Gasteiger partial charge in [-0.2, -0.15) is 0 Å². The zero-order valence-electron chi connectivity index (χ0n) is 13.3. The quantitative estimate of drug-likeness (QED) is 0.704. The van der Waals surface area contributed by atoms with E-state index in [1.807, 2.05) is 6.07 Å². The molecule has 0 aliphatic rings. The molecule has 3 aromatic rings. The van der Waals surface area contributed by atoms with E-state index in [1.165, 1.54) is 12.4 Å². The number of carbonyl (C=O) groups excluding carboxylic acids is 2. The Kier molecular flexibility index (Phi) is 5.11. The van der Waals surface area contributed by atoms with Crippen molar-refractivity contribution in [3.8, 4) is 0 Å². The lowest BCUT2D eigenvalue weighted by molar-refractivity contribution is -0.125. The summed E-state index contributed by atoms with van der Waals surface area (Å²) in [6.07, 6.45) is 6.27. The van der Waals surface area contributed by atoms with Gasteiger partial charge in [-0.25, -0.2) is 0 Å². The maximum atomic E-state index is 12.7. The van der Waals surface area contributed by atoms with E-state index >= 15 is 0 Å². The van der Waals surface area contributed by atoms with Crippen LogP contribution >= 0.6 is 0 Å². The summed E-state index contributed by atoms with van der Waals surface area (Å²) in [5.74, 6) is -1.86. The number of aromatic nitrogens is 2. The molecule has 0 radical (unpaired) electrons. The molecule has 1 aromatic carbocycles. The van der Waals surface area contributed by atoms with Crippen LogP contribution in [0.3, 0.4) is 0 Å². The highest BCUT2D eigenvalue weighted by atomic mass is 16.2. The van der Waals surface area contributed by atoms with Gasteiger partial charge >= 0.3 is 0 Å². The van der Waals surface area contributed by atoms with Crippen molar-refractivity contribution in [2.24, 2.45) is 0 Å². The molecule has 3 rings (SSSR count). The molecule has 2 amide bonds. The molecule has 2 aromatic heterocycles. The predicted molar refractivity (Wildman–Crippen MR) is 94.9 cm³/mol. The molecule has 0 atom stereocenters. The van der Waals surface area contributed by atoms with Crippen molar-refractivity contribution in [3.63, 3.8) is 0 Å². The van der Waals surface area contributed by atoms with Crippen molar-refractivity contribution in [2.75, 3.05) is 10.6 Å². The Morgan fingerprint density at radius 2 is 1.24 bits per heavy atom. The fourth-order valence-electron chi connectivity index (χ4n) is 2.37. The van der Waals surface area contributed by atoms with Gasteiger partial charge in [-0.3, -0.25) is 19.6 Å². The lowest BCUT2D eigenvalue weighted by Gasteiger charge is -2.17. The van der Waals surface area contributed by atoms with E-state index in [0.29, 0.717) is 16.9 Å². The highest BCUT2D eigenvalue weighted by Crippen LogP contribution is 2.20. The van der Waals surface area contributed by atoms with E-state index in [0.717, 1.165) is 0 Å². The maximum Gasteiger partial charge on any atom is 0.241 e. The van der Waals surface area contributed by atoms with Crippen molar-refractivity contribution in [3.05, 3.63) is 84.9 Å². The molecule has 0 spiro atoms. The van der Waals surface area contributed by atoms with Crippen LogP contribution in [0.2, 0.25) is 0 Å². The van der Waals surface area contributed by atoms with Gasteiger partial charge in [-0.15, -0.1) is 0 Å². The minimum atomic E-state index is -0.999. The summed E-state index contributed by atoms with van der Waals surface area (Å²) < 4.78 is 0. The zero-order chi connectivity index (χ0) is 17.5. The molecule has 2 heterocycles. The predicted octanol–water partition coefficient (Wildman–Crippen LogP) is 2.84. The van der Waals surface area contributed by atoms with Gasteiger partial charge in [0.15, 0.2) is 0 Å². The third kappa shape index (κ3) is 4.26. The number of rotatable bonds is 5. The lowest BCUT2D eigenvalue weighted by Crippen LogP contribution is -2.32. The minimum absolute atomic E-state index is 0.430. The van der Waals surface area contributed by atoms with Crippen LogP contribution in [-0.2, 0) is 9.59 Å².